The van der Waals surface area contributed by atoms with Crippen LogP contribution in [0.3, 0.4) is 0 Å². The van der Waals surface area contributed by atoms with Gasteiger partial charge in [-0.2, -0.15) is 20.1 Å². The summed E-state index contributed by atoms with van der Waals surface area (Å²) >= 11 is 0. The summed E-state index contributed by atoms with van der Waals surface area (Å²) < 4.78 is 18.6. The zero-order chi connectivity index (χ0) is 22.8. The minimum atomic E-state index is -0.463. The molecule has 1 fully saturated rings. The third-order valence-corrected chi connectivity index (χ3v) is 5.13. The SMILES string of the molecule is O=c1c(=NNc2nc(Nc3ccc(F)cc3)nc(N3CCOCC3)n2)c(=O)c2ccccc12. The number of hydrogen-bond acceptors (Lipinski definition) is 10. The molecule has 0 spiro atoms. The van der Waals surface area contributed by atoms with Gasteiger partial charge in [0.1, 0.15) is 5.82 Å². The molecule has 3 aromatic carbocycles. The molecule has 1 saturated heterocycles. The van der Waals surface area contributed by atoms with Gasteiger partial charge in [-0.25, -0.2) is 9.82 Å². The molecule has 0 radical (unpaired) electrons. The van der Waals surface area contributed by atoms with Gasteiger partial charge in [-0.1, -0.05) is 24.3 Å². The second-order valence-electron chi connectivity index (χ2n) is 7.29. The van der Waals surface area contributed by atoms with Gasteiger partial charge in [0, 0.05) is 29.5 Å². The first-order valence-corrected chi connectivity index (χ1v) is 10.2. The monoisotopic (exact) mass is 447 g/mol. The van der Waals surface area contributed by atoms with Crippen LogP contribution in [0.5, 0.6) is 0 Å². The highest BCUT2D eigenvalue weighted by Gasteiger charge is 2.17. The Morgan fingerprint density at radius 2 is 1.52 bits per heavy atom. The number of anilines is 4. The van der Waals surface area contributed by atoms with Crippen molar-refractivity contribution in [2.24, 2.45) is 5.10 Å². The largest absolute Gasteiger partial charge is 0.378 e. The molecule has 0 unspecified atom stereocenters. The molecule has 0 saturated carbocycles. The topological polar surface area (TPSA) is 122 Å². The molecule has 33 heavy (non-hydrogen) atoms. The number of halogens is 1. The molecule has 0 aliphatic carbocycles. The Labute approximate surface area is 186 Å². The van der Waals surface area contributed by atoms with Crippen LogP contribution in [-0.2, 0) is 4.74 Å². The van der Waals surface area contributed by atoms with Gasteiger partial charge in [0.05, 0.1) is 13.2 Å². The van der Waals surface area contributed by atoms with Crippen molar-refractivity contribution >= 4 is 34.3 Å². The molecular formula is C22H18FN7O3. The Kier molecular flexibility index (Phi) is 5.45. The second-order valence-corrected chi connectivity index (χ2v) is 7.29. The van der Waals surface area contributed by atoms with Crippen LogP contribution in [0.4, 0.5) is 27.9 Å². The van der Waals surface area contributed by atoms with Gasteiger partial charge in [0.25, 0.3) is 0 Å². The van der Waals surface area contributed by atoms with Gasteiger partial charge in [0.2, 0.25) is 28.7 Å². The summed E-state index contributed by atoms with van der Waals surface area (Å²) in [6.45, 7) is 2.22. The Hall–Kier alpha value is -4.25. The summed E-state index contributed by atoms with van der Waals surface area (Å²) in [6.07, 6.45) is 0. The van der Waals surface area contributed by atoms with E-state index in [4.69, 9.17) is 4.74 Å². The lowest BCUT2D eigenvalue weighted by Gasteiger charge is -2.27. The first-order valence-electron chi connectivity index (χ1n) is 10.2. The van der Waals surface area contributed by atoms with Crippen LogP contribution in [0.1, 0.15) is 0 Å². The lowest BCUT2D eigenvalue weighted by atomic mass is 10.2. The zero-order valence-corrected chi connectivity index (χ0v) is 17.3. The van der Waals surface area contributed by atoms with Crippen molar-refractivity contribution in [3.05, 3.63) is 80.2 Å². The summed E-state index contributed by atoms with van der Waals surface area (Å²) in [4.78, 5) is 40.2. The third-order valence-electron chi connectivity index (χ3n) is 5.13. The maximum atomic E-state index is 13.2. The normalized spacial score (nSPS) is 13.8. The Bertz CT molecular complexity index is 1410. The fraction of sp³-hybridized carbons (Fsp3) is 0.182. The number of nitrogens with zero attached hydrogens (tertiary/aromatic N) is 5. The summed E-state index contributed by atoms with van der Waals surface area (Å²) in [5, 5.41) is 7.40. The quantitative estimate of drug-likeness (QED) is 0.436. The standard InChI is InChI=1S/C22H18FN7O3/c23-13-5-7-14(8-6-13)24-20-25-21(27-22(26-20)30-9-11-33-12-10-30)29-28-17-18(31)15-3-1-2-4-16(15)19(17)32/h1-8H,9-12H2,(H2,24,25,26,27,29). The molecule has 2 N–H and O–H groups in total. The van der Waals surface area contributed by atoms with Crippen LogP contribution in [0, 0.1) is 5.82 Å². The van der Waals surface area contributed by atoms with E-state index in [0.29, 0.717) is 48.7 Å². The van der Waals surface area contributed by atoms with E-state index in [1.165, 1.54) is 12.1 Å². The van der Waals surface area contributed by atoms with E-state index in [1.807, 2.05) is 4.90 Å². The molecule has 1 aromatic heterocycles. The first-order chi connectivity index (χ1) is 16.1. The minimum absolute atomic E-state index is 0.0418. The van der Waals surface area contributed by atoms with Crippen LogP contribution < -0.4 is 31.9 Å². The predicted molar refractivity (Wildman–Crippen MR) is 121 cm³/mol. The minimum Gasteiger partial charge on any atom is -0.378 e. The average molecular weight is 447 g/mol. The van der Waals surface area contributed by atoms with E-state index in [-0.39, 0.29) is 23.1 Å². The number of benzene rings is 2. The van der Waals surface area contributed by atoms with E-state index in [0.717, 1.165) is 0 Å². The van der Waals surface area contributed by atoms with Gasteiger partial charge >= 0.3 is 0 Å². The number of ether oxygens (including phenoxy) is 1. The number of rotatable bonds is 5. The molecule has 0 amide bonds. The van der Waals surface area contributed by atoms with Crippen LogP contribution in [0.2, 0.25) is 0 Å². The lowest BCUT2D eigenvalue weighted by molar-refractivity contribution is 0.122. The van der Waals surface area contributed by atoms with Gasteiger partial charge in [-0.15, -0.1) is 0 Å². The number of nitrogens with one attached hydrogen (secondary N) is 2. The summed E-state index contributed by atoms with van der Waals surface area (Å²) in [5.74, 6) is 0.233. The number of morpholine rings is 1. The summed E-state index contributed by atoms with van der Waals surface area (Å²) in [5.41, 5.74) is 2.27. The van der Waals surface area contributed by atoms with Crippen molar-refractivity contribution in [2.45, 2.75) is 0 Å². The molecule has 10 nitrogen and oxygen atoms in total. The van der Waals surface area contributed by atoms with E-state index in [9.17, 15) is 14.0 Å². The molecule has 0 atom stereocenters. The molecular weight excluding hydrogens is 429 g/mol. The van der Waals surface area contributed by atoms with Gasteiger partial charge < -0.3 is 15.0 Å². The zero-order valence-electron chi connectivity index (χ0n) is 17.3. The molecule has 0 bridgehead atoms. The van der Waals surface area contributed by atoms with Crippen molar-refractivity contribution in [3.8, 4) is 0 Å². The van der Waals surface area contributed by atoms with Crippen LogP contribution in [-0.4, -0.2) is 41.3 Å². The Morgan fingerprint density at radius 1 is 0.879 bits per heavy atom. The van der Waals surface area contributed by atoms with Gasteiger partial charge in [0.15, 0.2) is 5.36 Å². The van der Waals surface area contributed by atoms with E-state index in [1.54, 1.807) is 36.4 Å². The van der Waals surface area contributed by atoms with E-state index < -0.39 is 10.9 Å². The summed E-state index contributed by atoms with van der Waals surface area (Å²) in [6, 6.07) is 12.3. The smallest absolute Gasteiger partial charge is 0.250 e. The van der Waals surface area contributed by atoms with Gasteiger partial charge in [-0.05, 0) is 24.3 Å². The molecule has 1 aliphatic rings. The van der Waals surface area contributed by atoms with Crippen molar-refractivity contribution < 1.29 is 9.13 Å². The Balaban J connectivity index is 1.52. The number of fused-ring (bicyclic) bond motifs is 1. The van der Waals surface area contributed by atoms with Crippen molar-refractivity contribution in [2.75, 3.05) is 41.9 Å². The first kappa shape index (κ1) is 20.6. The van der Waals surface area contributed by atoms with Crippen molar-refractivity contribution in [1.29, 1.82) is 0 Å². The Morgan fingerprint density at radius 3 is 2.18 bits per heavy atom. The second kappa shape index (κ2) is 8.71. The summed E-state index contributed by atoms with van der Waals surface area (Å²) in [7, 11) is 0. The average Bonchev–Trinajstić information content (AvgIpc) is 3.09. The fourth-order valence-corrected chi connectivity index (χ4v) is 3.48. The highest BCUT2D eigenvalue weighted by Crippen LogP contribution is 2.19. The van der Waals surface area contributed by atoms with Crippen LogP contribution >= 0.6 is 0 Å². The number of aromatic nitrogens is 3. The van der Waals surface area contributed by atoms with Crippen molar-refractivity contribution in [3.63, 3.8) is 0 Å². The number of hydrogen-bond donors (Lipinski definition) is 2. The fourth-order valence-electron chi connectivity index (χ4n) is 3.48. The molecule has 11 heteroatoms. The maximum absolute atomic E-state index is 13.2. The van der Waals surface area contributed by atoms with Crippen molar-refractivity contribution in [1.82, 2.24) is 15.0 Å². The van der Waals surface area contributed by atoms with Crippen LogP contribution in [0.25, 0.3) is 10.8 Å². The van der Waals surface area contributed by atoms with Crippen LogP contribution in [0.15, 0.2) is 63.2 Å². The highest BCUT2D eigenvalue weighted by atomic mass is 19.1. The van der Waals surface area contributed by atoms with Gasteiger partial charge in [-0.3, -0.25) is 9.59 Å². The third kappa shape index (κ3) is 4.26. The molecule has 5 rings (SSSR count). The van der Waals surface area contributed by atoms with E-state index in [2.05, 4.69) is 30.8 Å². The molecule has 4 aromatic rings. The van der Waals surface area contributed by atoms with E-state index >= 15 is 0 Å². The molecule has 1 aliphatic heterocycles. The predicted octanol–water partition coefficient (Wildman–Crippen LogP) is 1.27. The molecule has 166 valence electrons. The molecule has 2 heterocycles. The highest BCUT2D eigenvalue weighted by molar-refractivity contribution is 5.83. The lowest BCUT2D eigenvalue weighted by Crippen LogP contribution is -2.37. The maximum Gasteiger partial charge on any atom is 0.250 e.